The molecular weight excluding hydrogens is 380 g/mol. The lowest BCUT2D eigenvalue weighted by atomic mass is 10.2. The zero-order valence-electron chi connectivity index (χ0n) is 13.2. The molecule has 0 unspecified atom stereocenters. The summed E-state index contributed by atoms with van der Waals surface area (Å²) in [5.41, 5.74) is 0.846. The molecule has 8 heteroatoms. The van der Waals surface area contributed by atoms with Crippen molar-refractivity contribution >= 4 is 34.1 Å². The molecule has 1 amide bonds. The van der Waals surface area contributed by atoms with Gasteiger partial charge in [-0.1, -0.05) is 15.9 Å². The van der Waals surface area contributed by atoms with Gasteiger partial charge in [0, 0.05) is 16.1 Å². The number of halogens is 1. The Labute approximate surface area is 148 Å². The Kier molecular flexibility index (Phi) is 6.09. The summed E-state index contributed by atoms with van der Waals surface area (Å²) in [6, 6.07) is 7.74. The maximum absolute atomic E-state index is 11.8. The van der Waals surface area contributed by atoms with E-state index in [-0.39, 0.29) is 23.3 Å². The molecule has 6 nitrogen and oxygen atoms in total. The highest BCUT2D eigenvalue weighted by atomic mass is 79.9. The van der Waals surface area contributed by atoms with E-state index in [9.17, 15) is 4.79 Å². The first-order chi connectivity index (χ1) is 10.8. The summed E-state index contributed by atoms with van der Waals surface area (Å²) >= 11 is 8.59. The summed E-state index contributed by atoms with van der Waals surface area (Å²) in [7, 11) is 1.83. The molecule has 2 rings (SSSR count). The number of hydrogen-bond donors (Lipinski definition) is 1. The zero-order chi connectivity index (χ0) is 17.0. The Hall–Kier alpha value is -1.51. The minimum Gasteiger partial charge on any atom is -0.409 e. The number of nitrogens with zero attached hydrogens (tertiary/aromatic N) is 3. The van der Waals surface area contributed by atoms with Crippen LogP contribution in [0.1, 0.15) is 13.8 Å². The molecule has 0 spiro atoms. The van der Waals surface area contributed by atoms with E-state index in [1.165, 1.54) is 0 Å². The maximum Gasteiger partial charge on any atom is 0.288 e. The number of amides is 1. The summed E-state index contributed by atoms with van der Waals surface area (Å²) in [6.07, 6.45) is 0. The summed E-state index contributed by atoms with van der Waals surface area (Å²) in [5, 5.41) is 7.22. The van der Waals surface area contributed by atoms with Crippen LogP contribution in [0.3, 0.4) is 0 Å². The van der Waals surface area contributed by atoms with Crippen molar-refractivity contribution in [1.29, 1.82) is 0 Å². The first-order valence-corrected chi connectivity index (χ1v) is 8.37. The Bertz CT molecular complexity index is 724. The summed E-state index contributed by atoms with van der Waals surface area (Å²) < 4.78 is 8.08. The average Bonchev–Trinajstić information content (AvgIpc) is 2.79. The highest BCUT2D eigenvalue weighted by Crippen LogP contribution is 2.20. The molecule has 1 aromatic heterocycles. The summed E-state index contributed by atoms with van der Waals surface area (Å²) in [4.78, 5) is 13.9. The van der Waals surface area contributed by atoms with Crippen molar-refractivity contribution in [1.82, 2.24) is 20.0 Å². The molecule has 1 heterocycles. The Morgan fingerprint density at radius 3 is 2.70 bits per heavy atom. The number of rotatable bonds is 6. The lowest BCUT2D eigenvalue weighted by molar-refractivity contribution is -0.122. The molecule has 0 atom stereocenters. The molecule has 23 heavy (non-hydrogen) atoms. The fraction of sp³-hybridized carbons (Fsp3) is 0.400. The van der Waals surface area contributed by atoms with Crippen molar-refractivity contribution in [2.75, 3.05) is 13.6 Å². The lowest BCUT2D eigenvalue weighted by Gasteiger charge is -2.16. The van der Waals surface area contributed by atoms with Crippen molar-refractivity contribution in [3.05, 3.63) is 33.6 Å². The normalized spacial score (nSPS) is 11.2. The van der Waals surface area contributed by atoms with E-state index in [1.807, 2.05) is 50.1 Å². The highest BCUT2D eigenvalue weighted by Gasteiger charge is 2.12. The minimum absolute atomic E-state index is 0.0364. The zero-order valence-corrected chi connectivity index (χ0v) is 15.6. The number of nitrogens with one attached hydrogen (secondary N) is 1. The van der Waals surface area contributed by atoms with Gasteiger partial charge in [-0.05, 0) is 57.4 Å². The minimum atomic E-state index is -0.0364. The third-order valence-electron chi connectivity index (χ3n) is 2.94. The van der Waals surface area contributed by atoms with E-state index in [0.717, 1.165) is 10.0 Å². The number of aromatic nitrogens is 2. The van der Waals surface area contributed by atoms with E-state index < -0.39 is 0 Å². The van der Waals surface area contributed by atoms with Crippen molar-refractivity contribution in [3.8, 4) is 11.5 Å². The molecule has 1 N–H and O–H groups in total. The predicted molar refractivity (Wildman–Crippen MR) is 94.4 cm³/mol. The second-order valence-corrected chi connectivity index (χ2v) is 6.82. The van der Waals surface area contributed by atoms with Crippen LogP contribution in [0.4, 0.5) is 0 Å². The smallest absolute Gasteiger partial charge is 0.288 e. The van der Waals surface area contributed by atoms with E-state index in [0.29, 0.717) is 12.6 Å². The van der Waals surface area contributed by atoms with E-state index in [1.54, 1.807) is 4.68 Å². The first kappa shape index (κ1) is 17.8. The molecule has 0 bridgehead atoms. The van der Waals surface area contributed by atoms with E-state index >= 15 is 0 Å². The van der Waals surface area contributed by atoms with Crippen molar-refractivity contribution in [2.24, 2.45) is 0 Å². The van der Waals surface area contributed by atoms with Crippen LogP contribution in [0.5, 0.6) is 0 Å². The molecule has 0 aliphatic carbocycles. The number of hydrogen-bond acceptors (Lipinski definition) is 5. The van der Waals surface area contributed by atoms with Gasteiger partial charge in [-0.25, -0.2) is 4.68 Å². The predicted octanol–water partition coefficient (Wildman–Crippen LogP) is 3.05. The van der Waals surface area contributed by atoms with Crippen molar-refractivity contribution < 1.29 is 9.21 Å². The fourth-order valence-electron chi connectivity index (χ4n) is 2.00. The van der Waals surface area contributed by atoms with Crippen LogP contribution >= 0.6 is 28.1 Å². The lowest BCUT2D eigenvalue weighted by Crippen LogP contribution is -2.39. The number of benzene rings is 1. The van der Waals surface area contributed by atoms with Crippen LogP contribution in [0.15, 0.2) is 33.2 Å². The number of carbonyl (C=O) groups is 1. The van der Waals surface area contributed by atoms with Gasteiger partial charge in [0.15, 0.2) is 0 Å². The Morgan fingerprint density at radius 1 is 1.43 bits per heavy atom. The van der Waals surface area contributed by atoms with Gasteiger partial charge in [-0.15, -0.1) is 5.10 Å². The van der Waals surface area contributed by atoms with Crippen LogP contribution in [0.2, 0.25) is 0 Å². The molecule has 2 aromatic rings. The van der Waals surface area contributed by atoms with Gasteiger partial charge in [0.1, 0.15) is 0 Å². The van der Waals surface area contributed by atoms with Gasteiger partial charge in [-0.3, -0.25) is 9.69 Å². The second-order valence-electron chi connectivity index (χ2n) is 5.56. The summed E-state index contributed by atoms with van der Waals surface area (Å²) in [5.74, 6) is 0.424. The van der Waals surface area contributed by atoms with Crippen LogP contribution in [0, 0.1) is 4.84 Å². The summed E-state index contributed by atoms with van der Waals surface area (Å²) in [6.45, 7) is 4.50. The quantitative estimate of drug-likeness (QED) is 0.757. The second kappa shape index (κ2) is 7.85. The fourth-order valence-corrected chi connectivity index (χ4v) is 2.44. The maximum atomic E-state index is 11.8. The van der Waals surface area contributed by atoms with Crippen LogP contribution in [-0.2, 0) is 11.5 Å². The first-order valence-electron chi connectivity index (χ1n) is 7.17. The van der Waals surface area contributed by atoms with Crippen LogP contribution < -0.4 is 5.32 Å². The average molecular weight is 399 g/mol. The Balaban J connectivity index is 2.05. The molecular formula is C15H19BrN4O2S. The van der Waals surface area contributed by atoms with Crippen molar-refractivity contribution in [2.45, 2.75) is 26.6 Å². The molecule has 0 aliphatic rings. The number of likely N-dealkylation sites (N-methyl/N-ethyl adjacent to an activating group) is 1. The SMILES string of the molecule is CC(C)NC(=O)CN(C)Cn1nc(-c2ccc(Br)cc2)oc1=S. The van der Waals surface area contributed by atoms with Gasteiger partial charge >= 0.3 is 0 Å². The Morgan fingerprint density at radius 2 is 2.09 bits per heavy atom. The van der Waals surface area contributed by atoms with Gasteiger partial charge in [-0.2, -0.15) is 0 Å². The van der Waals surface area contributed by atoms with Gasteiger partial charge in [0.2, 0.25) is 11.8 Å². The van der Waals surface area contributed by atoms with Crippen molar-refractivity contribution in [3.63, 3.8) is 0 Å². The van der Waals surface area contributed by atoms with Crippen LogP contribution in [-0.4, -0.2) is 40.2 Å². The molecule has 124 valence electrons. The third-order valence-corrected chi connectivity index (χ3v) is 3.76. The standard InChI is InChI=1S/C15H19BrN4O2S/c1-10(2)17-13(21)8-19(3)9-20-15(23)22-14(18-20)11-4-6-12(16)7-5-11/h4-7,10H,8-9H2,1-3H3,(H,17,21). The van der Waals surface area contributed by atoms with E-state index in [2.05, 4.69) is 26.3 Å². The molecule has 0 fully saturated rings. The molecule has 0 saturated heterocycles. The highest BCUT2D eigenvalue weighted by molar-refractivity contribution is 9.10. The molecule has 1 aromatic carbocycles. The molecule has 0 radical (unpaired) electrons. The molecule has 0 aliphatic heterocycles. The third kappa shape index (κ3) is 5.26. The monoisotopic (exact) mass is 398 g/mol. The largest absolute Gasteiger partial charge is 0.409 e. The van der Waals surface area contributed by atoms with E-state index in [4.69, 9.17) is 16.6 Å². The van der Waals surface area contributed by atoms with Gasteiger partial charge < -0.3 is 9.73 Å². The number of carbonyl (C=O) groups excluding carboxylic acids is 1. The topological polar surface area (TPSA) is 63.3 Å². The van der Waals surface area contributed by atoms with Gasteiger partial charge in [0.25, 0.3) is 4.84 Å². The van der Waals surface area contributed by atoms with Crippen LogP contribution in [0.25, 0.3) is 11.5 Å². The van der Waals surface area contributed by atoms with Gasteiger partial charge in [0.05, 0.1) is 13.2 Å². The molecule has 0 saturated carbocycles.